The smallest absolute Gasteiger partial charge is 0.135 e. The van der Waals surface area contributed by atoms with Gasteiger partial charge in [0, 0.05) is 25.1 Å². The molecule has 1 fully saturated rings. The molecule has 0 radical (unpaired) electrons. The lowest BCUT2D eigenvalue weighted by molar-refractivity contribution is 0.104. The van der Waals surface area contributed by atoms with Crippen LogP contribution >= 0.6 is 0 Å². The molecule has 1 saturated carbocycles. The van der Waals surface area contributed by atoms with Gasteiger partial charge in [-0.05, 0) is 32.1 Å². The molecule has 5 nitrogen and oxygen atoms in total. The summed E-state index contributed by atoms with van der Waals surface area (Å²) in [4.78, 5) is 9.21. The molecule has 1 aromatic heterocycles. The number of hydrogen-bond acceptors (Lipinski definition) is 5. The molecule has 1 aromatic rings. The first-order valence-corrected chi connectivity index (χ1v) is 7.99. The average Bonchev–Trinajstić information content (AvgIpc) is 2.46. The van der Waals surface area contributed by atoms with E-state index in [1.54, 1.807) is 0 Å². The largest absolute Gasteiger partial charge is 0.393 e. The van der Waals surface area contributed by atoms with Gasteiger partial charge in [0.2, 0.25) is 0 Å². The molecule has 118 valence electrons. The van der Waals surface area contributed by atoms with Gasteiger partial charge in [-0.25, -0.2) is 9.97 Å². The van der Waals surface area contributed by atoms with Gasteiger partial charge in [0.15, 0.2) is 0 Å². The number of nitrogens with one attached hydrogen (secondary N) is 2. The van der Waals surface area contributed by atoms with E-state index >= 15 is 0 Å². The maximum atomic E-state index is 9.77. The summed E-state index contributed by atoms with van der Waals surface area (Å²) in [5.41, 5.74) is 1.05. The summed E-state index contributed by atoms with van der Waals surface area (Å²) in [5, 5.41) is 16.4. The minimum Gasteiger partial charge on any atom is -0.393 e. The highest BCUT2D eigenvalue weighted by Gasteiger charge is 2.20. The van der Waals surface area contributed by atoms with Gasteiger partial charge in [0.1, 0.15) is 17.5 Å². The van der Waals surface area contributed by atoms with E-state index in [-0.39, 0.29) is 6.10 Å². The highest BCUT2D eigenvalue weighted by atomic mass is 16.3. The summed E-state index contributed by atoms with van der Waals surface area (Å²) >= 11 is 0. The van der Waals surface area contributed by atoms with Crippen molar-refractivity contribution in [3.05, 3.63) is 11.4 Å². The number of rotatable bonds is 5. The van der Waals surface area contributed by atoms with Crippen LogP contribution < -0.4 is 10.6 Å². The van der Waals surface area contributed by atoms with E-state index in [4.69, 9.17) is 0 Å². The van der Waals surface area contributed by atoms with Gasteiger partial charge in [-0.1, -0.05) is 20.3 Å². The predicted octanol–water partition coefficient (Wildman–Crippen LogP) is 2.91. The van der Waals surface area contributed by atoms with E-state index in [2.05, 4.69) is 34.4 Å². The fraction of sp³-hybridized carbons (Fsp3) is 0.750. The zero-order chi connectivity index (χ0) is 15.4. The van der Waals surface area contributed by atoms with Crippen molar-refractivity contribution in [2.45, 2.75) is 58.5 Å². The molecule has 0 amide bonds. The van der Waals surface area contributed by atoms with Crippen LogP contribution in [0.1, 0.15) is 56.8 Å². The molecule has 0 aromatic carbocycles. The van der Waals surface area contributed by atoms with Crippen molar-refractivity contribution in [3.8, 4) is 0 Å². The van der Waals surface area contributed by atoms with Crippen molar-refractivity contribution < 1.29 is 5.11 Å². The summed E-state index contributed by atoms with van der Waals surface area (Å²) in [6.45, 7) is 7.11. The van der Waals surface area contributed by atoms with E-state index < -0.39 is 0 Å². The van der Waals surface area contributed by atoms with Gasteiger partial charge >= 0.3 is 0 Å². The van der Waals surface area contributed by atoms with E-state index in [1.165, 1.54) is 6.42 Å². The molecule has 1 aliphatic rings. The van der Waals surface area contributed by atoms with Crippen LogP contribution in [0, 0.1) is 12.8 Å². The lowest BCUT2D eigenvalue weighted by atomic mass is 9.87. The molecule has 1 heterocycles. The Balaban J connectivity index is 2.09. The second-order valence-corrected chi connectivity index (χ2v) is 6.38. The third-order valence-electron chi connectivity index (χ3n) is 4.23. The third-order valence-corrected chi connectivity index (χ3v) is 4.23. The van der Waals surface area contributed by atoms with Crippen molar-refractivity contribution in [3.63, 3.8) is 0 Å². The SMILES string of the molecule is CNc1nc(C(C)C)nc(NCC2CCCC(O)C2)c1C. The zero-order valence-corrected chi connectivity index (χ0v) is 13.6. The maximum Gasteiger partial charge on any atom is 0.135 e. The van der Waals surface area contributed by atoms with E-state index in [0.717, 1.165) is 48.8 Å². The monoisotopic (exact) mass is 292 g/mol. The van der Waals surface area contributed by atoms with E-state index in [0.29, 0.717) is 11.8 Å². The first-order valence-electron chi connectivity index (χ1n) is 7.99. The molecule has 2 atom stereocenters. The first-order chi connectivity index (χ1) is 10.0. The van der Waals surface area contributed by atoms with Crippen molar-refractivity contribution >= 4 is 11.6 Å². The summed E-state index contributed by atoms with van der Waals surface area (Å²) in [6, 6.07) is 0. The van der Waals surface area contributed by atoms with Gasteiger partial charge in [-0.3, -0.25) is 0 Å². The summed E-state index contributed by atoms with van der Waals surface area (Å²) in [7, 11) is 1.89. The number of aliphatic hydroxyl groups is 1. The Bertz CT molecular complexity index is 476. The molecule has 0 aliphatic heterocycles. The van der Waals surface area contributed by atoms with Gasteiger partial charge in [-0.15, -0.1) is 0 Å². The molecule has 1 aliphatic carbocycles. The van der Waals surface area contributed by atoms with E-state index in [9.17, 15) is 5.11 Å². The Morgan fingerprint density at radius 1 is 1.24 bits per heavy atom. The molecule has 0 bridgehead atoms. The quantitative estimate of drug-likeness (QED) is 0.778. The Hall–Kier alpha value is -1.36. The molecular formula is C16H28N4O. The Kier molecular flexibility index (Phi) is 5.39. The average molecular weight is 292 g/mol. The van der Waals surface area contributed by atoms with Crippen LogP contribution in [0.4, 0.5) is 11.6 Å². The third kappa shape index (κ3) is 4.06. The number of anilines is 2. The highest BCUT2D eigenvalue weighted by Crippen LogP contribution is 2.26. The maximum absolute atomic E-state index is 9.77. The summed E-state index contributed by atoms with van der Waals surface area (Å²) in [5.74, 6) is 3.49. The minimum absolute atomic E-state index is 0.129. The molecular weight excluding hydrogens is 264 g/mol. The van der Waals surface area contributed by atoms with Crippen LogP contribution in [0.25, 0.3) is 0 Å². The fourth-order valence-corrected chi connectivity index (χ4v) is 2.90. The van der Waals surface area contributed by atoms with Crippen molar-refractivity contribution in [2.75, 3.05) is 24.2 Å². The second kappa shape index (κ2) is 7.07. The number of aliphatic hydroxyl groups excluding tert-OH is 1. The lowest BCUT2D eigenvalue weighted by Gasteiger charge is -2.26. The van der Waals surface area contributed by atoms with Crippen LogP contribution in [0.15, 0.2) is 0 Å². The molecule has 2 rings (SSSR count). The molecule has 3 N–H and O–H groups in total. The number of aromatic nitrogens is 2. The van der Waals surface area contributed by atoms with Crippen LogP contribution in [0.2, 0.25) is 0 Å². The summed E-state index contributed by atoms with van der Waals surface area (Å²) < 4.78 is 0. The van der Waals surface area contributed by atoms with Crippen molar-refractivity contribution in [2.24, 2.45) is 5.92 Å². The second-order valence-electron chi connectivity index (χ2n) is 6.38. The normalized spacial score (nSPS) is 22.4. The van der Waals surface area contributed by atoms with Crippen LogP contribution in [0.3, 0.4) is 0 Å². The minimum atomic E-state index is -0.129. The summed E-state index contributed by atoms with van der Waals surface area (Å²) in [6.07, 6.45) is 4.02. The van der Waals surface area contributed by atoms with Gasteiger partial charge in [-0.2, -0.15) is 0 Å². The Morgan fingerprint density at radius 3 is 2.57 bits per heavy atom. The molecule has 21 heavy (non-hydrogen) atoms. The lowest BCUT2D eigenvalue weighted by Crippen LogP contribution is -2.25. The topological polar surface area (TPSA) is 70.1 Å². The Labute approximate surface area is 127 Å². The van der Waals surface area contributed by atoms with Crippen molar-refractivity contribution in [1.82, 2.24) is 9.97 Å². The standard InChI is InChI=1S/C16H28N4O/c1-10(2)14-19-15(17-4)11(3)16(20-14)18-9-12-6-5-7-13(21)8-12/h10,12-13,21H,5-9H2,1-4H3,(H2,17,18,19,20). The van der Waals surface area contributed by atoms with Crippen LogP contribution in [-0.2, 0) is 0 Å². The molecule has 2 unspecified atom stereocenters. The predicted molar refractivity (Wildman–Crippen MR) is 86.9 cm³/mol. The fourth-order valence-electron chi connectivity index (χ4n) is 2.90. The molecule has 5 heteroatoms. The Morgan fingerprint density at radius 2 is 1.95 bits per heavy atom. The number of hydrogen-bond donors (Lipinski definition) is 3. The van der Waals surface area contributed by atoms with E-state index in [1.807, 2.05) is 14.0 Å². The van der Waals surface area contributed by atoms with Crippen LogP contribution in [-0.4, -0.2) is 34.8 Å². The molecule has 0 spiro atoms. The molecule has 0 saturated heterocycles. The van der Waals surface area contributed by atoms with Gasteiger partial charge in [0.25, 0.3) is 0 Å². The van der Waals surface area contributed by atoms with Gasteiger partial charge in [0.05, 0.1) is 6.10 Å². The van der Waals surface area contributed by atoms with Gasteiger partial charge < -0.3 is 15.7 Å². The highest BCUT2D eigenvalue weighted by molar-refractivity contribution is 5.57. The van der Waals surface area contributed by atoms with Crippen molar-refractivity contribution in [1.29, 1.82) is 0 Å². The number of nitrogens with zero attached hydrogens (tertiary/aromatic N) is 2. The van der Waals surface area contributed by atoms with Crippen LogP contribution in [0.5, 0.6) is 0 Å². The first kappa shape index (κ1) is 16.0. The zero-order valence-electron chi connectivity index (χ0n) is 13.6.